The molecule has 0 saturated heterocycles. The lowest BCUT2D eigenvalue weighted by Crippen LogP contribution is -2.45. The van der Waals surface area contributed by atoms with Gasteiger partial charge in [-0.3, -0.25) is 5.73 Å². The molecule has 0 saturated carbocycles. The van der Waals surface area contributed by atoms with Crippen LogP contribution in [-0.2, 0) is 9.53 Å². The first kappa shape index (κ1) is 7.39. The second-order valence-corrected chi connectivity index (χ2v) is 1.64. The van der Waals surface area contributed by atoms with Crippen LogP contribution in [0.3, 0.4) is 0 Å². The van der Waals surface area contributed by atoms with Gasteiger partial charge in [-0.05, 0) is 6.92 Å². The van der Waals surface area contributed by atoms with Gasteiger partial charge in [0.25, 0.3) is 0 Å². The van der Waals surface area contributed by atoms with Crippen LogP contribution in [0.4, 0.5) is 0 Å². The number of esters is 1. The molecule has 0 unspecified atom stereocenters. The summed E-state index contributed by atoms with van der Waals surface area (Å²) in [5, 5.41) is 8.59. The molecular formula is C4H9NO3. The van der Waals surface area contributed by atoms with E-state index in [-0.39, 0.29) is 0 Å². The fraction of sp³-hybridized carbons (Fsp3) is 0.750. The van der Waals surface area contributed by atoms with Crippen molar-refractivity contribution in [2.24, 2.45) is 5.73 Å². The highest BCUT2D eigenvalue weighted by molar-refractivity contribution is 5.77. The molecule has 4 nitrogen and oxygen atoms in total. The van der Waals surface area contributed by atoms with Crippen molar-refractivity contribution in [1.82, 2.24) is 0 Å². The van der Waals surface area contributed by atoms with Gasteiger partial charge >= 0.3 is 5.97 Å². The third-order valence-corrected chi connectivity index (χ3v) is 0.599. The molecule has 0 spiro atoms. The number of ether oxygens (including phenoxy) is 1. The van der Waals surface area contributed by atoms with E-state index >= 15 is 0 Å². The Morgan fingerprint density at radius 3 is 2.25 bits per heavy atom. The van der Waals surface area contributed by atoms with E-state index in [2.05, 4.69) is 4.74 Å². The average Bonchev–Trinajstić information content (AvgIpc) is 1.62. The molecule has 0 radical (unpaired) electrons. The Bertz CT molecular complexity index is 93.9. The summed E-state index contributed by atoms with van der Waals surface area (Å²) >= 11 is 0. The topological polar surface area (TPSA) is 72.5 Å². The standard InChI is InChI=1S/C4H9NO3/c1-4(5,7)3(6)8-2/h7H,5H2,1-2H3/t4-/m0/s1. The second kappa shape index (κ2) is 2.11. The highest BCUT2D eigenvalue weighted by atomic mass is 16.5. The molecule has 0 amide bonds. The van der Waals surface area contributed by atoms with Crippen LogP contribution in [0, 0.1) is 0 Å². The Hall–Kier alpha value is -0.610. The normalized spacial score (nSPS) is 17.0. The summed E-state index contributed by atoms with van der Waals surface area (Å²) in [6.45, 7) is 1.15. The van der Waals surface area contributed by atoms with E-state index in [0.717, 1.165) is 14.0 Å². The molecule has 0 heterocycles. The van der Waals surface area contributed by atoms with E-state index in [1.165, 1.54) is 0 Å². The number of hydrogen-bond donors (Lipinski definition) is 2. The Labute approximate surface area is 47.2 Å². The fourth-order valence-corrected chi connectivity index (χ4v) is 0.207. The third-order valence-electron chi connectivity index (χ3n) is 0.599. The van der Waals surface area contributed by atoms with Gasteiger partial charge in [-0.25, -0.2) is 4.79 Å². The van der Waals surface area contributed by atoms with Gasteiger partial charge in [-0.2, -0.15) is 0 Å². The predicted molar refractivity (Wildman–Crippen MR) is 26.8 cm³/mol. The van der Waals surface area contributed by atoms with Crippen LogP contribution >= 0.6 is 0 Å². The number of nitrogens with two attached hydrogens (primary N) is 1. The molecule has 48 valence electrons. The predicted octanol–water partition coefficient (Wildman–Crippen LogP) is -1.17. The number of carbonyl (C=O) groups is 1. The number of hydrogen-bond acceptors (Lipinski definition) is 4. The molecule has 0 aliphatic carbocycles. The van der Waals surface area contributed by atoms with E-state index < -0.39 is 11.7 Å². The SMILES string of the molecule is COC(=O)[C@@](C)(N)O. The maximum absolute atomic E-state index is 10.2. The molecule has 1 atom stereocenters. The van der Waals surface area contributed by atoms with Crippen molar-refractivity contribution in [2.45, 2.75) is 12.6 Å². The van der Waals surface area contributed by atoms with E-state index in [1.807, 2.05) is 0 Å². The zero-order valence-corrected chi connectivity index (χ0v) is 4.84. The maximum atomic E-state index is 10.2. The van der Waals surface area contributed by atoms with Crippen LogP contribution < -0.4 is 5.73 Å². The molecular weight excluding hydrogens is 110 g/mol. The maximum Gasteiger partial charge on any atom is 0.352 e. The molecule has 8 heavy (non-hydrogen) atoms. The van der Waals surface area contributed by atoms with Crippen LogP contribution in [0.25, 0.3) is 0 Å². The Kier molecular flexibility index (Phi) is 1.94. The first-order valence-electron chi connectivity index (χ1n) is 2.08. The monoisotopic (exact) mass is 119 g/mol. The van der Waals surface area contributed by atoms with Gasteiger partial charge in [-0.15, -0.1) is 0 Å². The van der Waals surface area contributed by atoms with Crippen LogP contribution in [-0.4, -0.2) is 23.9 Å². The van der Waals surface area contributed by atoms with Crippen molar-refractivity contribution in [3.05, 3.63) is 0 Å². The Morgan fingerprint density at radius 1 is 1.88 bits per heavy atom. The number of methoxy groups -OCH3 is 1. The quantitative estimate of drug-likeness (QED) is 0.337. The summed E-state index contributed by atoms with van der Waals surface area (Å²) in [4.78, 5) is 10.2. The molecule has 0 aromatic carbocycles. The van der Waals surface area contributed by atoms with Crippen molar-refractivity contribution in [2.75, 3.05) is 7.11 Å². The van der Waals surface area contributed by atoms with Crippen molar-refractivity contribution in [3.8, 4) is 0 Å². The van der Waals surface area contributed by atoms with Gasteiger partial charge in [0, 0.05) is 0 Å². The highest BCUT2D eigenvalue weighted by Gasteiger charge is 2.24. The molecule has 0 aromatic heterocycles. The van der Waals surface area contributed by atoms with E-state index in [4.69, 9.17) is 10.8 Å². The van der Waals surface area contributed by atoms with Gasteiger partial charge in [0.05, 0.1) is 7.11 Å². The number of carbonyl (C=O) groups excluding carboxylic acids is 1. The van der Waals surface area contributed by atoms with Crippen molar-refractivity contribution >= 4 is 5.97 Å². The van der Waals surface area contributed by atoms with Crippen LogP contribution in [0.5, 0.6) is 0 Å². The van der Waals surface area contributed by atoms with E-state index in [0.29, 0.717) is 0 Å². The molecule has 0 fully saturated rings. The van der Waals surface area contributed by atoms with Crippen LogP contribution in [0.1, 0.15) is 6.92 Å². The summed E-state index contributed by atoms with van der Waals surface area (Å²) in [6.07, 6.45) is 0. The highest BCUT2D eigenvalue weighted by Crippen LogP contribution is 1.92. The minimum atomic E-state index is -1.85. The summed E-state index contributed by atoms with van der Waals surface area (Å²) in [5.41, 5.74) is 3.02. The smallest absolute Gasteiger partial charge is 0.352 e. The lowest BCUT2D eigenvalue weighted by molar-refractivity contribution is -0.159. The van der Waals surface area contributed by atoms with Gasteiger partial charge in [0.2, 0.25) is 5.72 Å². The van der Waals surface area contributed by atoms with Gasteiger partial charge < -0.3 is 9.84 Å². The number of aliphatic hydroxyl groups is 1. The Morgan fingerprint density at radius 2 is 2.25 bits per heavy atom. The molecule has 0 aromatic rings. The molecule has 0 bridgehead atoms. The summed E-state index contributed by atoms with van der Waals surface area (Å²) in [5.74, 6) is -0.836. The van der Waals surface area contributed by atoms with E-state index in [9.17, 15) is 4.79 Å². The summed E-state index contributed by atoms with van der Waals surface area (Å²) in [6, 6.07) is 0. The van der Waals surface area contributed by atoms with Crippen molar-refractivity contribution in [3.63, 3.8) is 0 Å². The lowest BCUT2D eigenvalue weighted by atomic mass is 10.3. The lowest BCUT2D eigenvalue weighted by Gasteiger charge is -2.12. The largest absolute Gasteiger partial charge is 0.466 e. The fourth-order valence-electron chi connectivity index (χ4n) is 0.207. The van der Waals surface area contributed by atoms with Gasteiger partial charge in [-0.1, -0.05) is 0 Å². The molecule has 0 aliphatic rings. The summed E-state index contributed by atoms with van der Waals surface area (Å²) < 4.78 is 4.10. The minimum Gasteiger partial charge on any atom is -0.466 e. The van der Waals surface area contributed by atoms with E-state index in [1.54, 1.807) is 0 Å². The number of rotatable bonds is 1. The van der Waals surface area contributed by atoms with Crippen LogP contribution in [0.15, 0.2) is 0 Å². The first-order chi connectivity index (χ1) is 3.48. The molecule has 0 rings (SSSR count). The minimum absolute atomic E-state index is 0.836. The Balaban J connectivity index is 3.82. The molecule has 3 N–H and O–H groups in total. The molecule has 4 heteroatoms. The first-order valence-corrected chi connectivity index (χ1v) is 2.08. The second-order valence-electron chi connectivity index (χ2n) is 1.64. The summed E-state index contributed by atoms with van der Waals surface area (Å²) in [7, 11) is 1.16. The zero-order valence-electron chi connectivity index (χ0n) is 4.84. The molecule has 0 aliphatic heterocycles. The van der Waals surface area contributed by atoms with Crippen molar-refractivity contribution in [1.29, 1.82) is 0 Å². The zero-order chi connectivity index (χ0) is 6.78. The average molecular weight is 119 g/mol. The van der Waals surface area contributed by atoms with Crippen molar-refractivity contribution < 1.29 is 14.6 Å². The third kappa shape index (κ3) is 1.90. The van der Waals surface area contributed by atoms with Gasteiger partial charge in [0.15, 0.2) is 0 Å². The van der Waals surface area contributed by atoms with Gasteiger partial charge in [0.1, 0.15) is 0 Å². The van der Waals surface area contributed by atoms with Crippen LogP contribution in [0.2, 0.25) is 0 Å².